The van der Waals surface area contributed by atoms with Gasteiger partial charge in [0.15, 0.2) is 0 Å². The second-order valence-electron chi connectivity index (χ2n) is 4.18. The number of aryl methyl sites for hydroxylation is 1. The lowest BCUT2D eigenvalue weighted by Crippen LogP contribution is -2.02. The summed E-state index contributed by atoms with van der Waals surface area (Å²) < 4.78 is 0. The Morgan fingerprint density at radius 3 is 2.50 bits per heavy atom. The Hall–Kier alpha value is -1.89. The molecule has 0 atom stereocenters. The van der Waals surface area contributed by atoms with E-state index in [4.69, 9.17) is 4.99 Å². The van der Waals surface area contributed by atoms with Crippen molar-refractivity contribution in [1.29, 1.82) is 0 Å². The summed E-state index contributed by atoms with van der Waals surface area (Å²) in [6.07, 6.45) is 0.959. The number of benzene rings is 2. The minimum absolute atomic E-state index is 0.959. The minimum atomic E-state index is 0.959. The van der Waals surface area contributed by atoms with Crippen LogP contribution in [0, 0.1) is 6.92 Å². The number of nitrogens with zero attached hydrogens (tertiary/aromatic N) is 1. The standard InChI is InChI=1S/C15H13N/c1-11-6-2-4-8-13(11)15-10-12-7-3-5-9-14(12)16-15/h2-9H,10H2,1H3. The fourth-order valence-corrected chi connectivity index (χ4v) is 2.19. The fraction of sp³-hybridized carbons (Fsp3) is 0.133. The summed E-state index contributed by atoms with van der Waals surface area (Å²) >= 11 is 0. The van der Waals surface area contributed by atoms with E-state index in [1.807, 2.05) is 6.07 Å². The molecule has 78 valence electrons. The summed E-state index contributed by atoms with van der Waals surface area (Å²) in [6.45, 7) is 2.14. The molecular formula is C15H13N. The topological polar surface area (TPSA) is 12.4 Å². The van der Waals surface area contributed by atoms with Crippen molar-refractivity contribution in [3.63, 3.8) is 0 Å². The number of para-hydroxylation sites is 1. The molecule has 0 fully saturated rings. The van der Waals surface area contributed by atoms with Gasteiger partial charge in [0.25, 0.3) is 0 Å². The molecule has 0 aliphatic carbocycles. The summed E-state index contributed by atoms with van der Waals surface area (Å²) in [4.78, 5) is 4.70. The van der Waals surface area contributed by atoms with Gasteiger partial charge in [0.05, 0.1) is 11.4 Å². The van der Waals surface area contributed by atoms with Gasteiger partial charge in [0.2, 0.25) is 0 Å². The van der Waals surface area contributed by atoms with E-state index in [2.05, 4.69) is 49.4 Å². The van der Waals surface area contributed by atoms with E-state index in [0.717, 1.165) is 12.1 Å². The van der Waals surface area contributed by atoms with Crippen molar-refractivity contribution in [2.24, 2.45) is 4.99 Å². The maximum Gasteiger partial charge on any atom is 0.0669 e. The molecule has 0 amide bonds. The summed E-state index contributed by atoms with van der Waals surface area (Å²) in [6, 6.07) is 16.8. The van der Waals surface area contributed by atoms with Crippen molar-refractivity contribution in [3.05, 3.63) is 65.2 Å². The first-order valence-corrected chi connectivity index (χ1v) is 5.56. The van der Waals surface area contributed by atoms with Crippen LogP contribution in [0.5, 0.6) is 0 Å². The molecule has 0 unspecified atom stereocenters. The van der Waals surface area contributed by atoms with Crippen LogP contribution in [0.25, 0.3) is 0 Å². The molecule has 0 spiro atoms. The van der Waals surface area contributed by atoms with Crippen LogP contribution in [0.2, 0.25) is 0 Å². The first kappa shape index (κ1) is 9.34. The fourth-order valence-electron chi connectivity index (χ4n) is 2.19. The summed E-state index contributed by atoms with van der Waals surface area (Å²) in [5, 5.41) is 0. The minimum Gasteiger partial charge on any atom is -0.252 e. The van der Waals surface area contributed by atoms with Gasteiger partial charge in [-0.05, 0) is 29.7 Å². The molecule has 0 saturated heterocycles. The molecule has 3 rings (SSSR count). The molecule has 16 heavy (non-hydrogen) atoms. The van der Waals surface area contributed by atoms with Crippen molar-refractivity contribution >= 4 is 11.4 Å². The molecule has 0 radical (unpaired) electrons. The number of rotatable bonds is 1. The Morgan fingerprint density at radius 1 is 0.938 bits per heavy atom. The van der Waals surface area contributed by atoms with Gasteiger partial charge >= 0.3 is 0 Å². The van der Waals surface area contributed by atoms with Gasteiger partial charge in [-0.3, -0.25) is 4.99 Å². The van der Waals surface area contributed by atoms with Crippen LogP contribution in [-0.4, -0.2) is 5.71 Å². The van der Waals surface area contributed by atoms with Gasteiger partial charge in [-0.2, -0.15) is 0 Å². The van der Waals surface area contributed by atoms with Crippen LogP contribution in [-0.2, 0) is 6.42 Å². The maximum absolute atomic E-state index is 4.70. The molecule has 0 N–H and O–H groups in total. The first-order valence-electron chi connectivity index (χ1n) is 5.56. The SMILES string of the molecule is Cc1ccccc1C1=Nc2ccccc2C1. The zero-order valence-corrected chi connectivity index (χ0v) is 9.27. The van der Waals surface area contributed by atoms with Crippen LogP contribution < -0.4 is 0 Å². The van der Waals surface area contributed by atoms with E-state index in [9.17, 15) is 0 Å². The van der Waals surface area contributed by atoms with Gasteiger partial charge < -0.3 is 0 Å². The van der Waals surface area contributed by atoms with Crippen molar-refractivity contribution in [3.8, 4) is 0 Å². The van der Waals surface area contributed by atoms with E-state index in [1.165, 1.54) is 22.4 Å². The number of hydrogen-bond donors (Lipinski definition) is 0. The van der Waals surface area contributed by atoms with Crippen molar-refractivity contribution < 1.29 is 0 Å². The largest absolute Gasteiger partial charge is 0.252 e. The van der Waals surface area contributed by atoms with Crippen LogP contribution in [0.4, 0.5) is 5.69 Å². The zero-order chi connectivity index (χ0) is 11.0. The highest BCUT2D eigenvalue weighted by atomic mass is 14.8. The van der Waals surface area contributed by atoms with E-state index in [-0.39, 0.29) is 0 Å². The predicted octanol–water partition coefficient (Wildman–Crippen LogP) is 3.67. The zero-order valence-electron chi connectivity index (χ0n) is 9.27. The molecule has 2 aromatic carbocycles. The van der Waals surface area contributed by atoms with Crippen molar-refractivity contribution in [2.75, 3.05) is 0 Å². The molecule has 0 saturated carbocycles. The lowest BCUT2D eigenvalue weighted by molar-refractivity contribution is 1.36. The highest BCUT2D eigenvalue weighted by molar-refractivity contribution is 6.07. The van der Waals surface area contributed by atoms with Crippen LogP contribution in [0.15, 0.2) is 53.5 Å². The van der Waals surface area contributed by atoms with Gasteiger partial charge in [0, 0.05) is 6.42 Å². The Morgan fingerprint density at radius 2 is 1.69 bits per heavy atom. The third-order valence-electron chi connectivity index (χ3n) is 3.06. The van der Waals surface area contributed by atoms with Gasteiger partial charge in [0.1, 0.15) is 0 Å². The molecule has 1 heterocycles. The average Bonchev–Trinajstić information content (AvgIpc) is 2.73. The molecular weight excluding hydrogens is 194 g/mol. The lowest BCUT2D eigenvalue weighted by atomic mass is 10.0. The van der Waals surface area contributed by atoms with E-state index in [1.54, 1.807) is 0 Å². The Balaban J connectivity index is 2.05. The third kappa shape index (κ3) is 1.45. The highest BCUT2D eigenvalue weighted by Crippen LogP contribution is 2.28. The van der Waals surface area contributed by atoms with Crippen LogP contribution >= 0.6 is 0 Å². The molecule has 0 aromatic heterocycles. The second-order valence-corrected chi connectivity index (χ2v) is 4.18. The highest BCUT2D eigenvalue weighted by Gasteiger charge is 2.15. The van der Waals surface area contributed by atoms with Gasteiger partial charge in [-0.15, -0.1) is 0 Å². The van der Waals surface area contributed by atoms with Crippen LogP contribution in [0.3, 0.4) is 0 Å². The Kier molecular flexibility index (Phi) is 2.10. The van der Waals surface area contributed by atoms with E-state index >= 15 is 0 Å². The molecule has 1 heteroatoms. The van der Waals surface area contributed by atoms with E-state index in [0.29, 0.717) is 0 Å². The number of fused-ring (bicyclic) bond motifs is 1. The Bertz CT molecular complexity index is 567. The summed E-state index contributed by atoms with van der Waals surface area (Å²) in [5.74, 6) is 0. The number of aliphatic imine (C=N–C) groups is 1. The molecule has 0 bridgehead atoms. The lowest BCUT2D eigenvalue weighted by Gasteiger charge is -2.03. The van der Waals surface area contributed by atoms with E-state index < -0.39 is 0 Å². The van der Waals surface area contributed by atoms with Crippen LogP contribution in [0.1, 0.15) is 16.7 Å². The molecule has 1 nitrogen and oxygen atoms in total. The Labute approximate surface area is 95.5 Å². The summed E-state index contributed by atoms with van der Waals surface area (Å²) in [7, 11) is 0. The second kappa shape index (κ2) is 3.60. The normalized spacial score (nSPS) is 13.4. The monoisotopic (exact) mass is 207 g/mol. The predicted molar refractivity (Wildman–Crippen MR) is 67.5 cm³/mol. The quantitative estimate of drug-likeness (QED) is 0.676. The summed E-state index contributed by atoms with van der Waals surface area (Å²) in [5.41, 5.74) is 6.23. The number of hydrogen-bond acceptors (Lipinski definition) is 1. The molecule has 1 aliphatic heterocycles. The first-order chi connectivity index (χ1) is 7.84. The van der Waals surface area contributed by atoms with Crippen molar-refractivity contribution in [1.82, 2.24) is 0 Å². The third-order valence-corrected chi connectivity index (χ3v) is 3.06. The van der Waals surface area contributed by atoms with Crippen molar-refractivity contribution in [2.45, 2.75) is 13.3 Å². The molecule has 1 aliphatic rings. The van der Waals surface area contributed by atoms with Gasteiger partial charge in [-0.25, -0.2) is 0 Å². The molecule has 2 aromatic rings. The smallest absolute Gasteiger partial charge is 0.0669 e. The van der Waals surface area contributed by atoms with Gasteiger partial charge in [-0.1, -0.05) is 42.5 Å². The average molecular weight is 207 g/mol. The maximum atomic E-state index is 4.70.